The van der Waals surface area contributed by atoms with Crippen molar-refractivity contribution in [3.05, 3.63) is 70.3 Å². The van der Waals surface area contributed by atoms with Gasteiger partial charge < -0.3 is 9.64 Å². The Morgan fingerprint density at radius 1 is 1.09 bits per heavy atom. The highest BCUT2D eigenvalue weighted by atomic mass is 32.2. The normalized spacial score (nSPS) is 13.8. The smallest absolute Gasteiger partial charge is 0.262 e. The Morgan fingerprint density at radius 2 is 1.85 bits per heavy atom. The van der Waals surface area contributed by atoms with E-state index in [-0.39, 0.29) is 12.1 Å². The highest BCUT2D eigenvalue weighted by molar-refractivity contribution is 7.98. The Morgan fingerprint density at radius 3 is 2.65 bits per heavy atom. The fourth-order valence-electron chi connectivity index (χ4n) is 4.04. The molecule has 0 atom stereocenters. The van der Waals surface area contributed by atoms with Crippen LogP contribution >= 0.6 is 11.8 Å². The molecule has 2 aromatic heterocycles. The number of nitrogens with zero attached hydrogens (tertiary/aromatic N) is 7. The van der Waals surface area contributed by atoms with Crippen molar-refractivity contribution < 1.29 is 4.74 Å². The summed E-state index contributed by atoms with van der Waals surface area (Å²) < 4.78 is 9.01. The first-order chi connectivity index (χ1) is 16.7. The summed E-state index contributed by atoms with van der Waals surface area (Å²) in [5.74, 6) is 1.66. The van der Waals surface area contributed by atoms with Gasteiger partial charge in [-0.1, -0.05) is 42.1 Å². The summed E-state index contributed by atoms with van der Waals surface area (Å²) in [6, 6.07) is 17.4. The number of aryl methyl sites for hydroxylation is 1. The summed E-state index contributed by atoms with van der Waals surface area (Å²) in [5.41, 5.74) is 2.50. The molecule has 1 aliphatic heterocycles. The van der Waals surface area contributed by atoms with E-state index >= 15 is 0 Å². The molecule has 3 heterocycles. The second-order valence-electron chi connectivity index (χ2n) is 7.89. The summed E-state index contributed by atoms with van der Waals surface area (Å²) in [7, 11) is 0. The Bertz CT molecular complexity index is 1430. The molecule has 1 aliphatic rings. The second-order valence-corrected chi connectivity index (χ2v) is 8.83. The summed E-state index contributed by atoms with van der Waals surface area (Å²) in [6.45, 7) is 4.76. The molecule has 5 rings (SSSR count). The molecule has 172 valence electrons. The van der Waals surface area contributed by atoms with Gasteiger partial charge in [0.05, 0.1) is 41.6 Å². The molecular formula is C24H23N7O2S. The van der Waals surface area contributed by atoms with Gasteiger partial charge in [-0.3, -0.25) is 13.9 Å². The molecule has 9 nitrogen and oxygen atoms in total. The Labute approximate surface area is 200 Å². The minimum atomic E-state index is -0.211. The molecule has 0 saturated carbocycles. The average Bonchev–Trinajstić information content (AvgIpc) is 3.29. The van der Waals surface area contributed by atoms with Crippen LogP contribution in [0.15, 0.2) is 58.5 Å². The molecule has 2 aromatic carbocycles. The quantitative estimate of drug-likeness (QED) is 0.394. The first kappa shape index (κ1) is 22.1. The number of rotatable bonds is 6. The topological polar surface area (TPSA) is 102 Å². The van der Waals surface area contributed by atoms with Gasteiger partial charge in [-0.05, 0) is 30.7 Å². The van der Waals surface area contributed by atoms with Crippen LogP contribution in [0, 0.1) is 18.3 Å². The van der Waals surface area contributed by atoms with Crippen molar-refractivity contribution in [2.45, 2.75) is 24.4 Å². The number of benzene rings is 2. The summed E-state index contributed by atoms with van der Waals surface area (Å²) in [5, 5.41) is 19.5. The lowest BCUT2D eigenvalue weighted by Crippen LogP contribution is -2.38. The molecule has 0 unspecified atom stereocenters. The van der Waals surface area contributed by atoms with Crippen LogP contribution in [0.5, 0.6) is 0 Å². The van der Waals surface area contributed by atoms with Gasteiger partial charge in [0, 0.05) is 13.1 Å². The van der Waals surface area contributed by atoms with E-state index in [1.165, 1.54) is 16.3 Å². The van der Waals surface area contributed by atoms with Crippen LogP contribution in [0.2, 0.25) is 0 Å². The van der Waals surface area contributed by atoms with E-state index in [1.807, 2.05) is 30.3 Å². The second kappa shape index (κ2) is 9.67. The number of anilines is 1. The van der Waals surface area contributed by atoms with Crippen molar-refractivity contribution in [3.63, 3.8) is 0 Å². The number of fused-ring (bicyclic) bond motifs is 1. The van der Waals surface area contributed by atoms with Crippen LogP contribution in [0.25, 0.3) is 16.6 Å². The van der Waals surface area contributed by atoms with Gasteiger partial charge >= 0.3 is 0 Å². The van der Waals surface area contributed by atoms with Crippen LogP contribution in [0.4, 0.5) is 5.95 Å². The van der Waals surface area contributed by atoms with Crippen molar-refractivity contribution in [2.24, 2.45) is 0 Å². The zero-order chi connectivity index (χ0) is 23.5. The van der Waals surface area contributed by atoms with E-state index in [2.05, 4.69) is 38.7 Å². The molecule has 10 heteroatoms. The number of morpholine rings is 1. The van der Waals surface area contributed by atoms with Crippen molar-refractivity contribution in [1.82, 2.24) is 24.3 Å². The van der Waals surface area contributed by atoms with E-state index in [0.29, 0.717) is 40.9 Å². The predicted molar refractivity (Wildman–Crippen MR) is 130 cm³/mol. The maximum Gasteiger partial charge on any atom is 0.262 e. The van der Waals surface area contributed by atoms with Gasteiger partial charge in [0.1, 0.15) is 12.4 Å². The number of hydrogen-bond acceptors (Lipinski definition) is 8. The van der Waals surface area contributed by atoms with Crippen LogP contribution in [0.1, 0.15) is 11.4 Å². The van der Waals surface area contributed by atoms with E-state index in [9.17, 15) is 10.1 Å². The average molecular weight is 474 g/mol. The van der Waals surface area contributed by atoms with Crippen LogP contribution in [0.3, 0.4) is 0 Å². The Hall–Kier alpha value is -3.68. The van der Waals surface area contributed by atoms with Gasteiger partial charge in [0.15, 0.2) is 5.16 Å². The minimum absolute atomic E-state index is 0.0595. The van der Waals surface area contributed by atoms with Gasteiger partial charge in [-0.25, -0.2) is 4.98 Å². The third-order valence-electron chi connectivity index (χ3n) is 5.77. The minimum Gasteiger partial charge on any atom is -0.378 e. The highest BCUT2D eigenvalue weighted by Crippen LogP contribution is 2.30. The Balaban J connectivity index is 1.55. The highest BCUT2D eigenvalue weighted by Gasteiger charge is 2.23. The van der Waals surface area contributed by atoms with Crippen molar-refractivity contribution in [3.8, 4) is 11.8 Å². The molecule has 0 aliphatic carbocycles. The number of thioether (sulfide) groups is 1. The first-order valence-electron chi connectivity index (χ1n) is 11.0. The molecular weight excluding hydrogens is 450 g/mol. The van der Waals surface area contributed by atoms with Crippen molar-refractivity contribution in [1.29, 1.82) is 5.26 Å². The number of nitriles is 1. The molecule has 4 aromatic rings. The molecule has 34 heavy (non-hydrogen) atoms. The summed E-state index contributed by atoms with van der Waals surface area (Å²) >= 11 is 1.45. The summed E-state index contributed by atoms with van der Waals surface area (Å²) in [6.07, 6.45) is 0. The molecule has 0 radical (unpaired) electrons. The van der Waals surface area contributed by atoms with Crippen LogP contribution in [-0.4, -0.2) is 50.6 Å². The maximum absolute atomic E-state index is 13.0. The lowest BCUT2D eigenvalue weighted by Gasteiger charge is -2.28. The fourth-order valence-corrected chi connectivity index (χ4v) is 4.92. The van der Waals surface area contributed by atoms with Crippen molar-refractivity contribution >= 4 is 28.6 Å². The summed E-state index contributed by atoms with van der Waals surface area (Å²) in [4.78, 5) is 19.9. The van der Waals surface area contributed by atoms with Crippen LogP contribution in [-0.2, 0) is 17.0 Å². The standard InChI is InChI=1S/C24H23N7O2S/c1-17-6-2-5-9-20(17)31-23(29-12-14-33-15-13-29)27-28-24(31)34-16-21-26-19-8-4-3-7-18(19)22(32)30(21)11-10-25/h2-9H,11-16H2,1H3. The van der Waals surface area contributed by atoms with Crippen molar-refractivity contribution in [2.75, 3.05) is 31.2 Å². The van der Waals surface area contributed by atoms with Gasteiger partial charge in [0.2, 0.25) is 5.95 Å². The van der Waals surface area contributed by atoms with Crippen LogP contribution < -0.4 is 10.5 Å². The van der Waals surface area contributed by atoms with Gasteiger partial charge in [-0.15, -0.1) is 10.2 Å². The first-order valence-corrected chi connectivity index (χ1v) is 12.0. The maximum atomic E-state index is 13.0. The third-order valence-corrected chi connectivity index (χ3v) is 6.69. The number of ether oxygens (including phenoxy) is 1. The lowest BCUT2D eigenvalue weighted by molar-refractivity contribution is 0.122. The molecule has 0 N–H and O–H groups in total. The zero-order valence-electron chi connectivity index (χ0n) is 18.7. The predicted octanol–water partition coefficient (Wildman–Crippen LogP) is 2.94. The SMILES string of the molecule is Cc1ccccc1-n1c(SCc2nc3ccccc3c(=O)n2CC#N)nnc1N1CCOCC1. The zero-order valence-corrected chi connectivity index (χ0v) is 19.5. The molecule has 0 bridgehead atoms. The third kappa shape index (κ3) is 4.16. The molecule has 1 saturated heterocycles. The van der Waals surface area contributed by atoms with E-state index < -0.39 is 0 Å². The number of hydrogen-bond donors (Lipinski definition) is 0. The number of aromatic nitrogens is 5. The molecule has 0 spiro atoms. The fraction of sp³-hybridized carbons (Fsp3) is 0.292. The molecule has 1 fully saturated rings. The van der Waals surface area contributed by atoms with Gasteiger partial charge in [-0.2, -0.15) is 5.26 Å². The van der Waals surface area contributed by atoms with E-state index in [4.69, 9.17) is 9.72 Å². The Kier molecular flexibility index (Phi) is 6.29. The largest absolute Gasteiger partial charge is 0.378 e. The van der Waals surface area contributed by atoms with Gasteiger partial charge in [0.25, 0.3) is 5.56 Å². The van der Waals surface area contributed by atoms with E-state index in [0.717, 1.165) is 30.3 Å². The monoisotopic (exact) mass is 473 g/mol. The molecule has 0 amide bonds. The van der Waals surface area contributed by atoms with E-state index in [1.54, 1.807) is 12.1 Å². The number of para-hydroxylation sites is 2. The lowest BCUT2D eigenvalue weighted by atomic mass is 10.2.